The second kappa shape index (κ2) is 3.82. The molecular formula is C6H6N2O3S. The highest BCUT2D eigenvalue weighted by molar-refractivity contribution is 7.17. The van der Waals surface area contributed by atoms with E-state index in [-0.39, 0.29) is 0 Å². The lowest BCUT2D eigenvalue weighted by Crippen LogP contribution is -2.10. The Balaban J connectivity index is 2.63. The third-order valence-corrected chi connectivity index (χ3v) is 1.87. The van der Waals surface area contributed by atoms with Gasteiger partial charge in [-0.2, -0.15) is 0 Å². The minimum atomic E-state index is -0.596. The molecule has 0 aromatic carbocycles. The Labute approximate surface area is 72.4 Å². The maximum atomic E-state index is 10.6. The quantitative estimate of drug-likeness (QED) is 0.703. The number of aromatic nitrogens is 1. The first-order valence-electron chi connectivity index (χ1n) is 3.02. The summed E-state index contributed by atoms with van der Waals surface area (Å²) in [6, 6.07) is 0. The minimum absolute atomic E-state index is 0.351. The molecule has 0 aliphatic carbocycles. The van der Waals surface area contributed by atoms with Crippen LogP contribution in [0.25, 0.3) is 0 Å². The Morgan fingerprint density at radius 2 is 2.58 bits per heavy atom. The molecule has 64 valence electrons. The highest BCUT2D eigenvalue weighted by atomic mass is 32.1. The van der Waals surface area contributed by atoms with Crippen LogP contribution < -0.4 is 5.32 Å². The number of carbonyl (C=O) groups is 2. The van der Waals surface area contributed by atoms with Crippen LogP contribution in [0.1, 0.15) is 9.67 Å². The van der Waals surface area contributed by atoms with Crippen molar-refractivity contribution >= 4 is 28.8 Å². The fourth-order valence-corrected chi connectivity index (χ4v) is 1.15. The smallest absolute Gasteiger partial charge is 0.413 e. The van der Waals surface area contributed by atoms with E-state index in [1.54, 1.807) is 0 Å². The van der Waals surface area contributed by atoms with Crippen LogP contribution >= 0.6 is 11.3 Å². The molecule has 6 heteroatoms. The van der Waals surface area contributed by atoms with Gasteiger partial charge in [0.2, 0.25) is 0 Å². The van der Waals surface area contributed by atoms with Crippen molar-refractivity contribution in [1.29, 1.82) is 0 Å². The topological polar surface area (TPSA) is 68.3 Å². The molecule has 0 spiro atoms. The van der Waals surface area contributed by atoms with Crippen LogP contribution in [0.5, 0.6) is 0 Å². The van der Waals surface area contributed by atoms with E-state index in [2.05, 4.69) is 15.0 Å². The number of amides is 1. The lowest BCUT2D eigenvalue weighted by molar-refractivity contribution is 0.112. The number of aldehydes is 1. The number of hydrogen-bond donors (Lipinski definition) is 1. The maximum Gasteiger partial charge on any atom is 0.413 e. The van der Waals surface area contributed by atoms with E-state index >= 15 is 0 Å². The Morgan fingerprint density at radius 1 is 1.83 bits per heavy atom. The van der Waals surface area contributed by atoms with Crippen molar-refractivity contribution in [2.45, 2.75) is 0 Å². The lowest BCUT2D eigenvalue weighted by Gasteiger charge is -1.96. The highest BCUT2D eigenvalue weighted by Gasteiger charge is 2.04. The predicted molar refractivity (Wildman–Crippen MR) is 43.5 cm³/mol. The molecule has 0 atom stereocenters. The number of rotatable bonds is 2. The zero-order valence-electron chi connectivity index (χ0n) is 6.23. The Hall–Kier alpha value is -1.43. The number of hydrogen-bond acceptors (Lipinski definition) is 5. The standard InChI is InChI=1S/C6H6N2O3S/c1-11-6(10)8-5-7-2-4(3-9)12-5/h2-3H,1H3,(H,7,8,10). The summed E-state index contributed by atoms with van der Waals surface area (Å²) in [4.78, 5) is 25.0. The normalized spacial score (nSPS) is 9.08. The van der Waals surface area contributed by atoms with Crippen LogP contribution in [-0.4, -0.2) is 24.5 Å². The van der Waals surface area contributed by atoms with Gasteiger partial charge in [-0.05, 0) is 0 Å². The van der Waals surface area contributed by atoms with Crippen LogP contribution in [0.4, 0.5) is 9.93 Å². The van der Waals surface area contributed by atoms with Crippen molar-refractivity contribution < 1.29 is 14.3 Å². The summed E-state index contributed by atoms with van der Waals surface area (Å²) in [7, 11) is 1.25. The molecule has 12 heavy (non-hydrogen) atoms. The number of methoxy groups -OCH3 is 1. The van der Waals surface area contributed by atoms with Crippen molar-refractivity contribution in [2.24, 2.45) is 0 Å². The summed E-state index contributed by atoms with van der Waals surface area (Å²) in [5.41, 5.74) is 0. The molecule has 0 unspecified atom stereocenters. The predicted octanol–water partition coefficient (Wildman–Crippen LogP) is 1.13. The Morgan fingerprint density at radius 3 is 3.08 bits per heavy atom. The van der Waals surface area contributed by atoms with Gasteiger partial charge >= 0.3 is 6.09 Å². The van der Waals surface area contributed by atoms with Gasteiger partial charge in [-0.3, -0.25) is 10.1 Å². The van der Waals surface area contributed by atoms with Crippen LogP contribution in [-0.2, 0) is 4.74 Å². The van der Waals surface area contributed by atoms with Crippen molar-refractivity contribution in [1.82, 2.24) is 4.98 Å². The molecule has 1 aromatic heterocycles. The van der Waals surface area contributed by atoms with Gasteiger partial charge in [-0.15, -0.1) is 0 Å². The number of anilines is 1. The SMILES string of the molecule is COC(=O)Nc1ncc(C=O)s1. The van der Waals surface area contributed by atoms with Crippen LogP contribution in [0.2, 0.25) is 0 Å². The van der Waals surface area contributed by atoms with Gasteiger partial charge in [0.15, 0.2) is 11.4 Å². The number of carbonyl (C=O) groups excluding carboxylic acids is 2. The van der Waals surface area contributed by atoms with Gasteiger partial charge < -0.3 is 4.74 Å². The molecule has 1 heterocycles. The zero-order valence-corrected chi connectivity index (χ0v) is 7.05. The third-order valence-electron chi connectivity index (χ3n) is 1.03. The molecule has 0 saturated heterocycles. The monoisotopic (exact) mass is 186 g/mol. The molecule has 1 N–H and O–H groups in total. The Bertz CT molecular complexity index is 297. The minimum Gasteiger partial charge on any atom is -0.453 e. The van der Waals surface area contributed by atoms with E-state index in [1.807, 2.05) is 0 Å². The van der Waals surface area contributed by atoms with Gasteiger partial charge in [0.05, 0.1) is 18.2 Å². The number of nitrogens with zero attached hydrogens (tertiary/aromatic N) is 1. The second-order valence-electron chi connectivity index (χ2n) is 1.80. The molecule has 0 radical (unpaired) electrons. The van der Waals surface area contributed by atoms with Gasteiger partial charge in [-0.1, -0.05) is 11.3 Å². The van der Waals surface area contributed by atoms with Gasteiger partial charge in [-0.25, -0.2) is 9.78 Å². The first-order valence-corrected chi connectivity index (χ1v) is 3.84. The van der Waals surface area contributed by atoms with Crippen molar-refractivity contribution in [3.8, 4) is 0 Å². The molecule has 0 bridgehead atoms. The van der Waals surface area contributed by atoms with Crippen molar-refractivity contribution in [3.63, 3.8) is 0 Å². The molecule has 1 amide bonds. The van der Waals surface area contributed by atoms with E-state index in [4.69, 9.17) is 0 Å². The van der Waals surface area contributed by atoms with E-state index in [1.165, 1.54) is 13.3 Å². The van der Waals surface area contributed by atoms with Crippen molar-refractivity contribution in [3.05, 3.63) is 11.1 Å². The average Bonchev–Trinajstić information content (AvgIpc) is 2.52. The molecule has 1 aromatic rings. The molecule has 0 saturated carbocycles. The Kier molecular flexibility index (Phi) is 2.76. The van der Waals surface area contributed by atoms with Crippen LogP contribution in [0.15, 0.2) is 6.20 Å². The fraction of sp³-hybridized carbons (Fsp3) is 0.167. The van der Waals surface area contributed by atoms with Crippen LogP contribution in [0.3, 0.4) is 0 Å². The highest BCUT2D eigenvalue weighted by Crippen LogP contribution is 2.15. The summed E-state index contributed by atoms with van der Waals surface area (Å²) in [6.45, 7) is 0. The molecule has 0 aliphatic heterocycles. The van der Waals surface area contributed by atoms with Gasteiger partial charge in [0.25, 0.3) is 0 Å². The largest absolute Gasteiger partial charge is 0.453 e. The van der Waals surface area contributed by atoms with E-state index in [0.717, 1.165) is 11.3 Å². The maximum absolute atomic E-state index is 10.6. The van der Waals surface area contributed by atoms with Crippen LogP contribution in [0, 0.1) is 0 Å². The number of ether oxygens (including phenoxy) is 1. The number of thiazole rings is 1. The van der Waals surface area contributed by atoms with E-state index in [9.17, 15) is 9.59 Å². The molecular weight excluding hydrogens is 180 g/mol. The van der Waals surface area contributed by atoms with Gasteiger partial charge in [0.1, 0.15) is 0 Å². The van der Waals surface area contributed by atoms with Crippen molar-refractivity contribution in [2.75, 3.05) is 12.4 Å². The zero-order chi connectivity index (χ0) is 8.97. The lowest BCUT2D eigenvalue weighted by atomic mass is 10.6. The molecule has 0 aliphatic rings. The van der Waals surface area contributed by atoms with Gasteiger partial charge in [0, 0.05) is 0 Å². The summed E-state index contributed by atoms with van der Waals surface area (Å²) >= 11 is 1.09. The molecule has 1 rings (SSSR count). The molecule has 5 nitrogen and oxygen atoms in total. The van der Waals surface area contributed by atoms with E-state index in [0.29, 0.717) is 16.3 Å². The summed E-state index contributed by atoms with van der Waals surface area (Å²) in [5, 5.41) is 2.68. The number of nitrogens with one attached hydrogen (secondary N) is 1. The van der Waals surface area contributed by atoms with E-state index < -0.39 is 6.09 Å². The molecule has 0 fully saturated rings. The first kappa shape index (κ1) is 8.66. The first-order chi connectivity index (χ1) is 5.76. The third kappa shape index (κ3) is 2.03. The summed E-state index contributed by atoms with van der Waals surface area (Å²) < 4.78 is 4.33. The summed E-state index contributed by atoms with van der Waals surface area (Å²) in [6.07, 6.45) is 1.45. The average molecular weight is 186 g/mol. The summed E-state index contributed by atoms with van der Waals surface area (Å²) in [5.74, 6) is 0. The second-order valence-corrected chi connectivity index (χ2v) is 2.86. The fourth-order valence-electron chi connectivity index (χ4n) is 0.537.